The van der Waals surface area contributed by atoms with Crippen LogP contribution in [0.4, 0.5) is 4.39 Å². The van der Waals surface area contributed by atoms with Crippen molar-refractivity contribution < 1.29 is 18.8 Å². The van der Waals surface area contributed by atoms with E-state index >= 15 is 0 Å². The molecular weight excluding hydrogens is 359 g/mol. The van der Waals surface area contributed by atoms with Crippen LogP contribution in [0, 0.1) is 11.7 Å². The Morgan fingerprint density at radius 1 is 1.21 bits per heavy atom. The molecule has 2 aromatic carbocycles. The van der Waals surface area contributed by atoms with Gasteiger partial charge >= 0.3 is 0 Å². The molecule has 0 N–H and O–H groups in total. The molecule has 1 aliphatic rings. The average Bonchev–Trinajstić information content (AvgIpc) is 3.17. The predicted molar refractivity (Wildman–Crippen MR) is 106 cm³/mol. The largest absolute Gasteiger partial charge is 0.497 e. The van der Waals surface area contributed by atoms with Crippen LogP contribution < -0.4 is 4.74 Å². The molecule has 0 fully saturated rings. The first kappa shape index (κ1) is 19.9. The summed E-state index contributed by atoms with van der Waals surface area (Å²) in [5.74, 6) is 0.393. The Morgan fingerprint density at radius 3 is 2.50 bits per heavy atom. The van der Waals surface area contributed by atoms with Gasteiger partial charge in [0, 0.05) is 18.9 Å². The van der Waals surface area contributed by atoms with Crippen molar-refractivity contribution in [2.24, 2.45) is 11.1 Å². The lowest BCUT2D eigenvalue weighted by atomic mass is 10.0. The molecule has 5 nitrogen and oxygen atoms in total. The molecule has 0 saturated carbocycles. The zero-order chi connectivity index (χ0) is 20.1. The SMILES string of the molecule is COc1ccc(C2=NO[C@@H](CN(Cc3ccc(F)cc3)C(=O)C(C)C)C2)cc1. The average molecular weight is 384 g/mol. The number of oxime groups is 1. The number of methoxy groups -OCH3 is 1. The number of amides is 1. The van der Waals surface area contributed by atoms with Gasteiger partial charge in [0.05, 0.1) is 19.4 Å². The third kappa shape index (κ3) is 4.88. The lowest BCUT2D eigenvalue weighted by Crippen LogP contribution is -2.39. The Hall–Kier alpha value is -2.89. The predicted octanol–water partition coefficient (Wildman–Crippen LogP) is 4.01. The molecule has 148 valence electrons. The highest BCUT2D eigenvalue weighted by Gasteiger charge is 2.27. The number of ether oxygens (including phenoxy) is 1. The topological polar surface area (TPSA) is 51.1 Å². The summed E-state index contributed by atoms with van der Waals surface area (Å²) >= 11 is 0. The maximum Gasteiger partial charge on any atom is 0.225 e. The summed E-state index contributed by atoms with van der Waals surface area (Å²) < 4.78 is 18.3. The number of hydrogen-bond acceptors (Lipinski definition) is 4. The minimum atomic E-state index is -0.290. The lowest BCUT2D eigenvalue weighted by molar-refractivity contribution is -0.136. The van der Waals surface area contributed by atoms with Gasteiger partial charge in [-0.2, -0.15) is 0 Å². The van der Waals surface area contributed by atoms with Crippen LogP contribution in [-0.2, 0) is 16.2 Å². The van der Waals surface area contributed by atoms with Gasteiger partial charge in [-0.25, -0.2) is 4.39 Å². The fraction of sp³-hybridized carbons (Fsp3) is 0.364. The number of carbonyl (C=O) groups excluding carboxylic acids is 1. The van der Waals surface area contributed by atoms with Crippen LogP contribution in [0.25, 0.3) is 0 Å². The highest BCUT2D eigenvalue weighted by molar-refractivity contribution is 6.01. The van der Waals surface area contributed by atoms with Gasteiger partial charge in [-0.1, -0.05) is 31.1 Å². The normalized spacial score (nSPS) is 15.9. The Labute approximate surface area is 164 Å². The van der Waals surface area contributed by atoms with Gasteiger partial charge in [0.15, 0.2) is 6.10 Å². The van der Waals surface area contributed by atoms with Gasteiger partial charge in [0.25, 0.3) is 0 Å². The maximum absolute atomic E-state index is 13.2. The number of rotatable bonds is 7. The molecule has 0 unspecified atom stereocenters. The third-order valence-electron chi connectivity index (χ3n) is 4.67. The van der Waals surface area contributed by atoms with Crippen LogP contribution in [0.1, 0.15) is 31.4 Å². The number of hydrogen-bond donors (Lipinski definition) is 0. The zero-order valence-electron chi connectivity index (χ0n) is 16.4. The van der Waals surface area contributed by atoms with Crippen molar-refractivity contribution in [2.45, 2.75) is 32.9 Å². The highest BCUT2D eigenvalue weighted by Crippen LogP contribution is 2.21. The van der Waals surface area contributed by atoms with Crippen molar-refractivity contribution in [1.29, 1.82) is 0 Å². The molecule has 0 saturated heterocycles. The molecule has 0 spiro atoms. The second-order valence-corrected chi connectivity index (χ2v) is 7.20. The smallest absolute Gasteiger partial charge is 0.225 e. The van der Waals surface area contributed by atoms with Gasteiger partial charge in [0.2, 0.25) is 5.91 Å². The summed E-state index contributed by atoms with van der Waals surface area (Å²) in [6, 6.07) is 13.9. The van der Waals surface area contributed by atoms with Gasteiger partial charge in [-0.05, 0) is 47.5 Å². The van der Waals surface area contributed by atoms with Crippen molar-refractivity contribution >= 4 is 11.6 Å². The van der Waals surface area contributed by atoms with Crippen LogP contribution in [0.2, 0.25) is 0 Å². The molecule has 1 atom stereocenters. The maximum atomic E-state index is 13.2. The second-order valence-electron chi connectivity index (χ2n) is 7.20. The van der Waals surface area contributed by atoms with E-state index in [9.17, 15) is 9.18 Å². The molecule has 0 radical (unpaired) electrons. The minimum Gasteiger partial charge on any atom is -0.497 e. The van der Waals surface area contributed by atoms with E-state index in [0.717, 1.165) is 22.6 Å². The van der Waals surface area contributed by atoms with Gasteiger partial charge < -0.3 is 14.5 Å². The van der Waals surface area contributed by atoms with E-state index in [2.05, 4.69) is 5.16 Å². The molecule has 3 rings (SSSR count). The number of halogens is 1. The van der Waals surface area contributed by atoms with Gasteiger partial charge in [0.1, 0.15) is 11.6 Å². The lowest BCUT2D eigenvalue weighted by Gasteiger charge is -2.26. The summed E-state index contributed by atoms with van der Waals surface area (Å²) in [4.78, 5) is 20.0. The molecule has 1 amide bonds. The molecule has 1 aliphatic heterocycles. The summed E-state index contributed by atoms with van der Waals surface area (Å²) in [6.45, 7) is 4.58. The molecular formula is C22H25FN2O3. The fourth-order valence-electron chi connectivity index (χ4n) is 3.13. The number of carbonyl (C=O) groups is 1. The van der Waals surface area contributed by atoms with Crippen molar-refractivity contribution in [3.63, 3.8) is 0 Å². The summed E-state index contributed by atoms with van der Waals surface area (Å²) in [5, 5.41) is 4.21. The van der Waals surface area contributed by atoms with Crippen LogP contribution in [-0.4, -0.2) is 36.3 Å². The van der Waals surface area contributed by atoms with E-state index in [1.807, 2.05) is 38.1 Å². The van der Waals surface area contributed by atoms with Gasteiger partial charge in [-0.3, -0.25) is 4.79 Å². The summed E-state index contributed by atoms with van der Waals surface area (Å²) in [7, 11) is 1.63. The quantitative estimate of drug-likeness (QED) is 0.725. The number of nitrogens with zero attached hydrogens (tertiary/aromatic N) is 2. The zero-order valence-corrected chi connectivity index (χ0v) is 16.4. The van der Waals surface area contributed by atoms with Crippen molar-refractivity contribution in [2.75, 3.05) is 13.7 Å². The highest BCUT2D eigenvalue weighted by atomic mass is 19.1. The second kappa shape index (κ2) is 8.87. The minimum absolute atomic E-state index is 0.0332. The van der Waals surface area contributed by atoms with Crippen LogP contribution in [0.15, 0.2) is 53.7 Å². The molecule has 0 bridgehead atoms. The molecule has 0 aliphatic carbocycles. The monoisotopic (exact) mass is 384 g/mol. The van der Waals surface area contributed by atoms with Crippen LogP contribution in [0.3, 0.4) is 0 Å². The Bertz CT molecular complexity index is 832. The van der Waals surface area contributed by atoms with E-state index < -0.39 is 0 Å². The van der Waals surface area contributed by atoms with E-state index in [-0.39, 0.29) is 23.7 Å². The molecule has 2 aromatic rings. The first-order valence-electron chi connectivity index (χ1n) is 9.36. The first-order chi connectivity index (χ1) is 13.5. The first-order valence-corrected chi connectivity index (χ1v) is 9.36. The number of benzene rings is 2. The third-order valence-corrected chi connectivity index (χ3v) is 4.67. The molecule has 28 heavy (non-hydrogen) atoms. The Morgan fingerprint density at radius 2 is 1.89 bits per heavy atom. The summed E-state index contributed by atoms with van der Waals surface area (Å²) in [5.41, 5.74) is 2.71. The Kier molecular flexibility index (Phi) is 6.29. The molecule has 1 heterocycles. The van der Waals surface area contributed by atoms with Gasteiger partial charge in [-0.15, -0.1) is 0 Å². The van der Waals surface area contributed by atoms with Crippen molar-refractivity contribution in [3.05, 3.63) is 65.5 Å². The van der Waals surface area contributed by atoms with Crippen molar-refractivity contribution in [1.82, 2.24) is 4.90 Å². The van der Waals surface area contributed by atoms with Crippen LogP contribution in [0.5, 0.6) is 5.75 Å². The van der Waals surface area contributed by atoms with E-state index in [1.54, 1.807) is 24.1 Å². The summed E-state index contributed by atoms with van der Waals surface area (Å²) in [6.07, 6.45) is 0.415. The molecule has 0 aromatic heterocycles. The van der Waals surface area contributed by atoms with Crippen molar-refractivity contribution in [3.8, 4) is 5.75 Å². The van der Waals surface area contributed by atoms with E-state index in [4.69, 9.17) is 9.57 Å². The standard InChI is InChI=1S/C22H25FN2O3/c1-15(2)22(26)25(13-16-4-8-18(23)9-5-16)14-20-12-21(24-28-20)17-6-10-19(27-3)11-7-17/h4-11,15,20H,12-14H2,1-3H3/t20-/m1/s1. The molecule has 6 heteroatoms. The van der Waals surface area contributed by atoms with E-state index in [0.29, 0.717) is 19.5 Å². The Balaban J connectivity index is 1.66. The van der Waals surface area contributed by atoms with Crippen LogP contribution >= 0.6 is 0 Å². The fourth-order valence-corrected chi connectivity index (χ4v) is 3.13. The van der Waals surface area contributed by atoms with E-state index in [1.165, 1.54) is 12.1 Å².